The zero-order chi connectivity index (χ0) is 26.2. The summed E-state index contributed by atoms with van der Waals surface area (Å²) >= 11 is 6.06. The fourth-order valence-corrected chi connectivity index (χ4v) is 4.51. The van der Waals surface area contributed by atoms with E-state index in [1.165, 1.54) is 11.1 Å². The van der Waals surface area contributed by atoms with E-state index in [0.717, 1.165) is 0 Å². The first-order valence-electron chi connectivity index (χ1n) is 11.4. The van der Waals surface area contributed by atoms with Crippen LogP contribution in [0.25, 0.3) is 0 Å². The van der Waals surface area contributed by atoms with Crippen molar-refractivity contribution in [1.82, 2.24) is 10.2 Å². The zero-order valence-corrected chi connectivity index (χ0v) is 20.1. The van der Waals surface area contributed by atoms with Gasteiger partial charge in [0.1, 0.15) is 18.4 Å². The molecular weight excluding hydrogens is 495 g/mol. The Bertz CT molecular complexity index is 1050. The summed E-state index contributed by atoms with van der Waals surface area (Å²) in [4.78, 5) is 32.7. The summed E-state index contributed by atoms with van der Waals surface area (Å²) in [6.07, 6.45) is -0.844. The number of carbonyl (C=O) groups excluding carboxylic acids is 1. The predicted octanol–water partition coefficient (Wildman–Crippen LogP) is 2.83. The quantitative estimate of drug-likeness (QED) is 0.425. The average Bonchev–Trinajstić information content (AvgIpc) is 3.43. The number of nitrogens with zero attached hydrogens (tertiary/aromatic N) is 1. The van der Waals surface area contributed by atoms with Crippen LogP contribution in [0.2, 0.25) is 5.02 Å². The Labute approximate surface area is 212 Å². The highest BCUT2D eigenvalue weighted by Crippen LogP contribution is 2.25. The number of benzene rings is 2. The number of ether oxygens (including phenoxy) is 1. The number of aliphatic carboxylic acids is 2. The van der Waals surface area contributed by atoms with Crippen molar-refractivity contribution in [3.63, 3.8) is 0 Å². The molecule has 3 atom stereocenters. The van der Waals surface area contributed by atoms with Crippen molar-refractivity contribution in [3.8, 4) is 0 Å². The number of alkyl halides is 1. The van der Waals surface area contributed by atoms with Gasteiger partial charge in [0, 0.05) is 37.5 Å². The minimum Gasteiger partial charge on any atom is -0.473 e. The highest BCUT2D eigenvalue weighted by molar-refractivity contribution is 6.30. The number of fused-ring (bicyclic) bond motifs is 1. The van der Waals surface area contributed by atoms with Crippen LogP contribution < -0.4 is 5.32 Å². The predicted molar refractivity (Wildman–Crippen MR) is 129 cm³/mol. The molecule has 0 saturated carbocycles. The van der Waals surface area contributed by atoms with Gasteiger partial charge in [0.2, 0.25) is 0 Å². The summed E-state index contributed by atoms with van der Waals surface area (Å²) in [6, 6.07) is 14.3. The molecule has 0 aromatic heterocycles. The number of halogens is 2. The topological polar surface area (TPSA) is 136 Å². The second-order valence-electron chi connectivity index (χ2n) is 8.71. The van der Waals surface area contributed by atoms with E-state index < -0.39 is 36.3 Å². The molecule has 1 saturated heterocycles. The van der Waals surface area contributed by atoms with Crippen LogP contribution in [0.5, 0.6) is 0 Å². The lowest BCUT2D eigenvalue weighted by molar-refractivity contribution is -0.159. The maximum atomic E-state index is 13.6. The highest BCUT2D eigenvalue weighted by atomic mass is 35.5. The first-order valence-corrected chi connectivity index (χ1v) is 11.8. The van der Waals surface area contributed by atoms with Crippen molar-refractivity contribution < 1.29 is 38.8 Å². The molecule has 194 valence electrons. The monoisotopic (exact) mass is 522 g/mol. The summed E-state index contributed by atoms with van der Waals surface area (Å²) in [5.74, 6) is -3.65. The first-order chi connectivity index (χ1) is 17.1. The third kappa shape index (κ3) is 7.91. The molecule has 9 nitrogen and oxygen atoms in total. The molecule has 1 amide bonds. The Hall–Kier alpha value is -3.21. The fourth-order valence-electron chi connectivity index (χ4n) is 4.32. The van der Waals surface area contributed by atoms with Crippen LogP contribution in [0.4, 0.5) is 9.18 Å². The van der Waals surface area contributed by atoms with Crippen molar-refractivity contribution in [2.24, 2.45) is 0 Å². The lowest BCUT2D eigenvalue weighted by Gasteiger charge is -2.29. The van der Waals surface area contributed by atoms with Gasteiger partial charge in [-0.2, -0.15) is 0 Å². The minimum atomic E-state index is -1.82. The Morgan fingerprint density at radius 2 is 1.72 bits per heavy atom. The largest absolute Gasteiger partial charge is 0.473 e. The summed E-state index contributed by atoms with van der Waals surface area (Å²) in [5.41, 5.74) is 2.98. The molecule has 0 spiro atoms. The number of hydrogen-bond acceptors (Lipinski definition) is 6. The third-order valence-corrected chi connectivity index (χ3v) is 6.25. The van der Waals surface area contributed by atoms with E-state index in [1.54, 1.807) is 24.3 Å². The number of likely N-dealkylation sites (tertiary alicyclic amines) is 1. The summed E-state index contributed by atoms with van der Waals surface area (Å²) in [5, 5.41) is 29.0. The SMILES string of the molecule is O=C(N[C@H](CN1CC[C@@H](F)C1)[C@H](O)c1cccc(Cl)c1)OC1Cc2ccccc2C1.O=C(O)C(=O)O. The summed E-state index contributed by atoms with van der Waals surface area (Å²) in [6.45, 7) is 1.22. The van der Waals surface area contributed by atoms with Crippen LogP contribution in [0.3, 0.4) is 0 Å². The number of nitrogens with one attached hydrogen (secondary N) is 1. The maximum absolute atomic E-state index is 13.6. The number of amides is 1. The molecule has 0 unspecified atom stereocenters. The van der Waals surface area contributed by atoms with Gasteiger partial charge in [0.05, 0.1) is 6.04 Å². The smallest absolute Gasteiger partial charge is 0.414 e. The van der Waals surface area contributed by atoms with Crippen LogP contribution >= 0.6 is 11.6 Å². The van der Waals surface area contributed by atoms with Crippen LogP contribution in [-0.4, -0.2) is 76.2 Å². The van der Waals surface area contributed by atoms with Crippen molar-refractivity contribution in [2.75, 3.05) is 19.6 Å². The Kier molecular flexibility index (Phi) is 9.63. The van der Waals surface area contributed by atoms with Gasteiger partial charge in [-0.05, 0) is 35.2 Å². The lowest BCUT2D eigenvalue weighted by atomic mass is 10.0. The van der Waals surface area contributed by atoms with Gasteiger partial charge in [0.25, 0.3) is 0 Å². The molecule has 1 aliphatic heterocycles. The highest BCUT2D eigenvalue weighted by Gasteiger charge is 2.31. The van der Waals surface area contributed by atoms with E-state index >= 15 is 0 Å². The number of rotatable bonds is 6. The zero-order valence-electron chi connectivity index (χ0n) is 19.3. The van der Waals surface area contributed by atoms with Gasteiger partial charge < -0.3 is 25.4 Å². The van der Waals surface area contributed by atoms with Crippen LogP contribution in [0, 0.1) is 0 Å². The Balaban J connectivity index is 0.000000538. The summed E-state index contributed by atoms with van der Waals surface area (Å²) in [7, 11) is 0. The number of carbonyl (C=O) groups is 3. The van der Waals surface area contributed by atoms with E-state index in [1.807, 2.05) is 29.2 Å². The number of carboxylic acid groups (broad SMARTS) is 2. The Morgan fingerprint density at radius 3 is 2.25 bits per heavy atom. The molecule has 1 aliphatic carbocycles. The molecule has 0 radical (unpaired) electrons. The molecule has 36 heavy (non-hydrogen) atoms. The van der Waals surface area contributed by atoms with Crippen LogP contribution in [0.15, 0.2) is 48.5 Å². The number of hydrogen-bond donors (Lipinski definition) is 4. The molecule has 4 N–H and O–H groups in total. The normalized spacial score (nSPS) is 18.9. The van der Waals surface area contributed by atoms with E-state index in [2.05, 4.69) is 5.32 Å². The standard InChI is InChI=1S/C23H26ClFN2O3.C2H2O4/c24-18-7-3-6-17(10-18)22(28)21(14-27-9-8-19(25)13-27)26-23(29)30-20-11-15-4-1-2-5-16(15)12-20;3-1(4)2(5)6/h1-7,10,19-22,28H,8-9,11-14H2,(H,26,29);(H,3,4)(H,5,6)/t19-,21-,22-;/m1./s1. The second-order valence-corrected chi connectivity index (χ2v) is 9.15. The van der Waals surface area contributed by atoms with Crippen molar-refractivity contribution in [2.45, 2.75) is 43.7 Å². The van der Waals surface area contributed by atoms with Gasteiger partial charge in [-0.3, -0.25) is 4.90 Å². The maximum Gasteiger partial charge on any atom is 0.414 e. The molecule has 4 rings (SSSR count). The Morgan fingerprint density at radius 1 is 1.08 bits per heavy atom. The number of aliphatic hydroxyl groups excluding tert-OH is 1. The van der Waals surface area contributed by atoms with E-state index in [-0.39, 0.29) is 6.10 Å². The molecule has 0 bridgehead atoms. The van der Waals surface area contributed by atoms with E-state index in [0.29, 0.717) is 49.5 Å². The fraction of sp³-hybridized carbons (Fsp3) is 0.400. The number of carboxylic acids is 2. The molecule has 11 heteroatoms. The van der Waals surface area contributed by atoms with Crippen molar-refractivity contribution in [1.29, 1.82) is 0 Å². The van der Waals surface area contributed by atoms with Gasteiger partial charge in [0.15, 0.2) is 0 Å². The van der Waals surface area contributed by atoms with E-state index in [9.17, 15) is 14.3 Å². The van der Waals surface area contributed by atoms with Gasteiger partial charge in [-0.15, -0.1) is 0 Å². The van der Waals surface area contributed by atoms with Crippen LogP contribution in [0.1, 0.15) is 29.2 Å². The minimum absolute atomic E-state index is 0.228. The number of alkyl carbamates (subject to hydrolysis) is 1. The molecule has 2 aliphatic rings. The third-order valence-electron chi connectivity index (χ3n) is 6.01. The van der Waals surface area contributed by atoms with Crippen LogP contribution in [-0.2, 0) is 27.2 Å². The first kappa shape index (κ1) is 27.4. The molecular formula is C25H28ClFN2O7. The van der Waals surface area contributed by atoms with Gasteiger partial charge in [-0.1, -0.05) is 48.0 Å². The van der Waals surface area contributed by atoms with E-state index in [4.69, 9.17) is 36.1 Å². The van der Waals surface area contributed by atoms with Gasteiger partial charge >= 0.3 is 18.0 Å². The summed E-state index contributed by atoms with van der Waals surface area (Å²) < 4.78 is 19.3. The second kappa shape index (κ2) is 12.7. The molecule has 1 fully saturated rings. The van der Waals surface area contributed by atoms with Crippen molar-refractivity contribution >= 4 is 29.6 Å². The molecule has 1 heterocycles. The average molecular weight is 523 g/mol. The molecule has 2 aromatic rings. The number of aliphatic hydroxyl groups is 1. The van der Waals surface area contributed by atoms with Crippen molar-refractivity contribution in [3.05, 3.63) is 70.2 Å². The molecule has 2 aromatic carbocycles. The van der Waals surface area contributed by atoms with Gasteiger partial charge in [-0.25, -0.2) is 18.8 Å². The lowest BCUT2D eigenvalue weighted by Crippen LogP contribution is -2.47.